The SMILES string of the molecule is CCc1ccc(CSCC2CO2)o1. The van der Waals surface area contributed by atoms with E-state index in [9.17, 15) is 0 Å². The van der Waals surface area contributed by atoms with Crippen LogP contribution in [0.2, 0.25) is 0 Å². The highest BCUT2D eigenvalue weighted by Gasteiger charge is 2.21. The van der Waals surface area contributed by atoms with E-state index in [0.717, 1.165) is 36.1 Å². The van der Waals surface area contributed by atoms with Gasteiger partial charge < -0.3 is 9.15 Å². The molecule has 13 heavy (non-hydrogen) atoms. The highest BCUT2D eigenvalue weighted by molar-refractivity contribution is 7.98. The summed E-state index contributed by atoms with van der Waals surface area (Å²) in [4.78, 5) is 0. The Kier molecular flexibility index (Phi) is 2.96. The smallest absolute Gasteiger partial charge is 0.114 e. The number of hydrogen-bond donors (Lipinski definition) is 0. The van der Waals surface area contributed by atoms with E-state index in [1.807, 2.05) is 11.8 Å². The molecular weight excluding hydrogens is 184 g/mol. The van der Waals surface area contributed by atoms with Gasteiger partial charge in [-0.3, -0.25) is 0 Å². The van der Waals surface area contributed by atoms with Gasteiger partial charge in [-0.1, -0.05) is 6.92 Å². The fourth-order valence-electron chi connectivity index (χ4n) is 1.15. The fraction of sp³-hybridized carbons (Fsp3) is 0.600. The molecule has 2 rings (SSSR count). The summed E-state index contributed by atoms with van der Waals surface area (Å²) in [7, 11) is 0. The van der Waals surface area contributed by atoms with E-state index >= 15 is 0 Å². The second-order valence-corrected chi connectivity index (χ2v) is 4.22. The van der Waals surface area contributed by atoms with E-state index in [1.165, 1.54) is 0 Å². The van der Waals surface area contributed by atoms with Gasteiger partial charge in [-0.15, -0.1) is 0 Å². The van der Waals surface area contributed by atoms with Gasteiger partial charge in [-0.05, 0) is 12.1 Å². The molecular formula is C10H14O2S. The maximum Gasteiger partial charge on any atom is 0.114 e. The molecule has 1 saturated heterocycles. The lowest BCUT2D eigenvalue weighted by molar-refractivity contribution is 0.426. The minimum absolute atomic E-state index is 0.519. The molecule has 0 N–H and O–H groups in total. The van der Waals surface area contributed by atoms with Crippen LogP contribution in [0.15, 0.2) is 16.5 Å². The zero-order chi connectivity index (χ0) is 9.10. The lowest BCUT2D eigenvalue weighted by atomic mass is 10.4. The van der Waals surface area contributed by atoms with Crippen molar-refractivity contribution < 1.29 is 9.15 Å². The van der Waals surface area contributed by atoms with Crippen LogP contribution >= 0.6 is 11.8 Å². The first-order valence-corrected chi connectivity index (χ1v) is 5.81. The fourth-order valence-corrected chi connectivity index (χ4v) is 2.07. The second-order valence-electron chi connectivity index (χ2n) is 3.19. The zero-order valence-electron chi connectivity index (χ0n) is 7.79. The summed E-state index contributed by atoms with van der Waals surface area (Å²) in [5.41, 5.74) is 0. The van der Waals surface area contributed by atoms with Crippen molar-refractivity contribution in [3.63, 3.8) is 0 Å². The topological polar surface area (TPSA) is 25.7 Å². The predicted octanol–water partition coefficient (Wildman–Crippen LogP) is 2.47. The number of hydrogen-bond acceptors (Lipinski definition) is 3. The van der Waals surface area contributed by atoms with Crippen molar-refractivity contribution in [3.05, 3.63) is 23.7 Å². The van der Waals surface area contributed by atoms with Gasteiger partial charge in [0.15, 0.2) is 0 Å². The quantitative estimate of drug-likeness (QED) is 0.680. The first kappa shape index (κ1) is 9.16. The van der Waals surface area contributed by atoms with Crippen LogP contribution in [0.4, 0.5) is 0 Å². The summed E-state index contributed by atoms with van der Waals surface area (Å²) in [5, 5.41) is 0. The van der Waals surface area contributed by atoms with Crippen molar-refractivity contribution in [2.75, 3.05) is 12.4 Å². The number of furan rings is 1. The van der Waals surface area contributed by atoms with Gasteiger partial charge in [0, 0.05) is 12.2 Å². The van der Waals surface area contributed by atoms with Gasteiger partial charge in [-0.2, -0.15) is 11.8 Å². The van der Waals surface area contributed by atoms with Crippen LogP contribution in [-0.4, -0.2) is 18.5 Å². The second kappa shape index (κ2) is 4.20. The number of thioether (sulfide) groups is 1. The van der Waals surface area contributed by atoms with Crippen LogP contribution in [0.25, 0.3) is 0 Å². The monoisotopic (exact) mass is 198 g/mol. The minimum Gasteiger partial charge on any atom is -0.465 e. The Balaban J connectivity index is 1.72. The van der Waals surface area contributed by atoms with Crippen molar-refractivity contribution in [1.82, 2.24) is 0 Å². The van der Waals surface area contributed by atoms with Gasteiger partial charge in [0.2, 0.25) is 0 Å². The number of epoxide rings is 1. The third-order valence-corrected chi connectivity index (χ3v) is 3.11. The van der Waals surface area contributed by atoms with Crippen LogP contribution in [-0.2, 0) is 16.9 Å². The van der Waals surface area contributed by atoms with Crippen molar-refractivity contribution in [2.45, 2.75) is 25.2 Å². The molecule has 72 valence electrons. The molecule has 0 aromatic carbocycles. The van der Waals surface area contributed by atoms with E-state index in [2.05, 4.69) is 19.1 Å². The molecule has 0 radical (unpaired) electrons. The van der Waals surface area contributed by atoms with Crippen molar-refractivity contribution in [2.24, 2.45) is 0 Å². The maximum absolute atomic E-state index is 5.57. The molecule has 1 aliphatic rings. The Labute approximate surface area is 82.6 Å². The van der Waals surface area contributed by atoms with Gasteiger partial charge >= 0.3 is 0 Å². The summed E-state index contributed by atoms with van der Waals surface area (Å²) in [6.45, 7) is 3.05. The molecule has 1 atom stereocenters. The zero-order valence-corrected chi connectivity index (χ0v) is 8.60. The van der Waals surface area contributed by atoms with Crippen molar-refractivity contribution >= 4 is 11.8 Å². The molecule has 3 heteroatoms. The van der Waals surface area contributed by atoms with Crippen LogP contribution in [0.5, 0.6) is 0 Å². The predicted molar refractivity (Wildman–Crippen MR) is 54.0 cm³/mol. The highest BCUT2D eigenvalue weighted by atomic mass is 32.2. The number of rotatable bonds is 5. The minimum atomic E-state index is 0.519. The maximum atomic E-state index is 5.57. The Morgan fingerprint density at radius 2 is 2.23 bits per heavy atom. The van der Waals surface area contributed by atoms with E-state index < -0.39 is 0 Å². The molecule has 2 nitrogen and oxygen atoms in total. The van der Waals surface area contributed by atoms with E-state index in [1.54, 1.807) is 0 Å². The number of ether oxygens (including phenoxy) is 1. The Morgan fingerprint density at radius 1 is 1.46 bits per heavy atom. The molecule has 1 aromatic heterocycles. The van der Waals surface area contributed by atoms with Crippen LogP contribution in [0.3, 0.4) is 0 Å². The van der Waals surface area contributed by atoms with E-state index in [-0.39, 0.29) is 0 Å². The van der Waals surface area contributed by atoms with Gasteiger partial charge in [-0.25, -0.2) is 0 Å². The van der Waals surface area contributed by atoms with Crippen molar-refractivity contribution in [1.29, 1.82) is 0 Å². The molecule has 1 fully saturated rings. The summed E-state index contributed by atoms with van der Waals surface area (Å²) in [5.74, 6) is 4.24. The first-order valence-electron chi connectivity index (χ1n) is 4.65. The standard InChI is InChI=1S/C10H14O2S/c1-2-8-3-4-9(12-8)6-13-7-10-5-11-10/h3-4,10H,2,5-7H2,1H3. The lowest BCUT2D eigenvalue weighted by Gasteiger charge is -1.95. The van der Waals surface area contributed by atoms with Crippen LogP contribution in [0.1, 0.15) is 18.4 Å². The number of aryl methyl sites for hydroxylation is 1. The average molecular weight is 198 g/mol. The van der Waals surface area contributed by atoms with E-state index in [0.29, 0.717) is 6.10 Å². The largest absolute Gasteiger partial charge is 0.465 e. The summed E-state index contributed by atoms with van der Waals surface area (Å²) < 4.78 is 10.7. The highest BCUT2D eigenvalue weighted by Crippen LogP contribution is 2.21. The molecule has 1 aromatic rings. The normalized spacial score (nSPS) is 20.5. The first-order chi connectivity index (χ1) is 6.38. The molecule has 0 aliphatic carbocycles. The molecule has 1 aliphatic heterocycles. The summed E-state index contributed by atoms with van der Waals surface area (Å²) >= 11 is 1.88. The third-order valence-electron chi connectivity index (χ3n) is 2.02. The Bertz CT molecular complexity index is 266. The van der Waals surface area contributed by atoms with Crippen LogP contribution in [0, 0.1) is 0 Å². The van der Waals surface area contributed by atoms with Crippen LogP contribution < -0.4 is 0 Å². The molecule has 0 amide bonds. The molecule has 0 spiro atoms. The van der Waals surface area contributed by atoms with Gasteiger partial charge in [0.1, 0.15) is 11.5 Å². The third kappa shape index (κ3) is 2.78. The Hall–Kier alpha value is -0.410. The summed E-state index contributed by atoms with van der Waals surface area (Å²) in [6, 6.07) is 4.13. The molecule has 0 saturated carbocycles. The molecule has 0 bridgehead atoms. The lowest BCUT2D eigenvalue weighted by Crippen LogP contribution is -1.89. The molecule has 2 heterocycles. The van der Waals surface area contributed by atoms with Gasteiger partial charge in [0.25, 0.3) is 0 Å². The van der Waals surface area contributed by atoms with Crippen molar-refractivity contribution in [3.8, 4) is 0 Å². The van der Waals surface area contributed by atoms with E-state index in [4.69, 9.17) is 9.15 Å². The average Bonchev–Trinajstić information content (AvgIpc) is 2.84. The summed E-state index contributed by atoms with van der Waals surface area (Å²) in [6.07, 6.45) is 1.50. The molecule has 1 unspecified atom stereocenters. The van der Waals surface area contributed by atoms with Gasteiger partial charge in [0.05, 0.1) is 18.5 Å². The Morgan fingerprint density at radius 3 is 2.85 bits per heavy atom.